The first-order chi connectivity index (χ1) is 11.6. The minimum absolute atomic E-state index is 0.132. The van der Waals surface area contributed by atoms with Crippen molar-refractivity contribution in [1.29, 1.82) is 0 Å². The van der Waals surface area contributed by atoms with Crippen LogP contribution in [0, 0.1) is 0 Å². The second kappa shape index (κ2) is 7.11. The minimum atomic E-state index is -0.470. The maximum atomic E-state index is 12.8. The Morgan fingerprint density at radius 1 is 1.21 bits per heavy atom. The summed E-state index contributed by atoms with van der Waals surface area (Å²) in [6.07, 6.45) is 1.75. The number of thioether (sulfide) groups is 1. The van der Waals surface area contributed by atoms with Crippen molar-refractivity contribution in [3.8, 4) is 0 Å². The predicted molar refractivity (Wildman–Crippen MR) is 96.1 cm³/mol. The summed E-state index contributed by atoms with van der Waals surface area (Å²) >= 11 is 7.55. The monoisotopic (exact) mass is 359 g/mol. The summed E-state index contributed by atoms with van der Waals surface area (Å²) in [4.78, 5) is 27.4. The highest BCUT2D eigenvalue weighted by Crippen LogP contribution is 2.42. The van der Waals surface area contributed by atoms with Crippen molar-refractivity contribution in [2.24, 2.45) is 0 Å². The molecule has 0 bridgehead atoms. The number of ether oxygens (including phenoxy) is 1. The number of para-hydroxylation sites is 1. The lowest BCUT2D eigenvalue weighted by Gasteiger charge is -2.29. The Balaban J connectivity index is 2.03. The van der Waals surface area contributed by atoms with Crippen molar-refractivity contribution >= 4 is 47.0 Å². The molecule has 122 valence electrons. The van der Waals surface area contributed by atoms with Crippen LogP contribution in [0.25, 0.3) is 6.08 Å². The van der Waals surface area contributed by atoms with Crippen LogP contribution < -0.4 is 4.90 Å². The second-order valence-corrected chi connectivity index (χ2v) is 6.56. The molecule has 6 heteroatoms. The molecule has 0 saturated carbocycles. The van der Waals surface area contributed by atoms with Crippen LogP contribution in [0.2, 0.25) is 5.02 Å². The molecule has 0 spiro atoms. The summed E-state index contributed by atoms with van der Waals surface area (Å²) in [5.74, 6) is -0.717. The number of hydrogen-bond acceptors (Lipinski definition) is 4. The molecule has 0 N–H and O–H groups in total. The van der Waals surface area contributed by atoms with Gasteiger partial charge in [0.05, 0.1) is 17.7 Å². The molecule has 3 rings (SSSR count). The van der Waals surface area contributed by atoms with Gasteiger partial charge in [0.2, 0.25) is 0 Å². The summed E-state index contributed by atoms with van der Waals surface area (Å²) in [6.45, 7) is -0.132. The van der Waals surface area contributed by atoms with E-state index in [1.807, 2.05) is 42.5 Å². The van der Waals surface area contributed by atoms with Gasteiger partial charge in [-0.05, 0) is 29.8 Å². The Kier molecular flexibility index (Phi) is 4.92. The van der Waals surface area contributed by atoms with Crippen molar-refractivity contribution in [1.82, 2.24) is 0 Å². The SMILES string of the molecule is COC(=O)CN1C(=O)C(=Cc2ccccc2Cl)Sc2ccccc21. The normalized spacial score (nSPS) is 15.3. The number of halogens is 1. The third kappa shape index (κ3) is 3.32. The fourth-order valence-corrected chi connectivity index (χ4v) is 3.59. The Morgan fingerprint density at radius 2 is 1.92 bits per heavy atom. The van der Waals surface area contributed by atoms with E-state index in [-0.39, 0.29) is 12.5 Å². The van der Waals surface area contributed by atoms with Crippen LogP contribution in [0.3, 0.4) is 0 Å². The highest BCUT2D eigenvalue weighted by molar-refractivity contribution is 8.04. The van der Waals surface area contributed by atoms with E-state index in [4.69, 9.17) is 16.3 Å². The maximum absolute atomic E-state index is 12.8. The lowest BCUT2D eigenvalue weighted by molar-refractivity contribution is -0.139. The van der Waals surface area contributed by atoms with Gasteiger partial charge in [0, 0.05) is 9.92 Å². The number of amides is 1. The van der Waals surface area contributed by atoms with Gasteiger partial charge in [-0.3, -0.25) is 14.5 Å². The Hall–Kier alpha value is -2.24. The van der Waals surface area contributed by atoms with Crippen LogP contribution in [0.15, 0.2) is 58.3 Å². The van der Waals surface area contributed by atoms with Crippen LogP contribution >= 0.6 is 23.4 Å². The molecule has 24 heavy (non-hydrogen) atoms. The van der Waals surface area contributed by atoms with Gasteiger partial charge in [-0.2, -0.15) is 0 Å². The molecule has 2 aromatic carbocycles. The molecule has 0 atom stereocenters. The predicted octanol–water partition coefficient (Wildman–Crippen LogP) is 3.99. The number of carbonyl (C=O) groups is 2. The molecule has 1 aliphatic heterocycles. The standard InChI is InChI=1S/C18H14ClNO3S/c1-23-17(21)11-20-14-8-4-5-9-15(14)24-16(18(20)22)10-12-6-2-3-7-13(12)19/h2-10H,11H2,1H3. The lowest BCUT2D eigenvalue weighted by atomic mass is 10.2. The molecule has 1 aliphatic rings. The zero-order chi connectivity index (χ0) is 17.1. The van der Waals surface area contributed by atoms with Gasteiger partial charge in [0.1, 0.15) is 6.54 Å². The number of hydrogen-bond donors (Lipinski definition) is 0. The Morgan fingerprint density at radius 3 is 2.67 bits per heavy atom. The summed E-state index contributed by atoms with van der Waals surface area (Å²) in [5.41, 5.74) is 1.46. The van der Waals surface area contributed by atoms with Crippen molar-refractivity contribution in [2.75, 3.05) is 18.6 Å². The Labute approximate surface area is 149 Å². The van der Waals surface area contributed by atoms with Crippen molar-refractivity contribution < 1.29 is 14.3 Å². The molecule has 2 aromatic rings. The van der Waals surface area contributed by atoms with E-state index in [0.717, 1.165) is 10.5 Å². The molecule has 0 aliphatic carbocycles. The van der Waals surface area contributed by atoms with Gasteiger partial charge in [-0.25, -0.2) is 0 Å². The van der Waals surface area contributed by atoms with E-state index in [2.05, 4.69) is 0 Å². The third-order valence-electron chi connectivity index (χ3n) is 3.54. The second-order valence-electron chi connectivity index (χ2n) is 5.07. The van der Waals surface area contributed by atoms with E-state index in [9.17, 15) is 9.59 Å². The van der Waals surface area contributed by atoms with Crippen molar-refractivity contribution in [2.45, 2.75) is 4.90 Å². The summed E-state index contributed by atoms with van der Waals surface area (Å²) in [7, 11) is 1.30. The molecular formula is C18H14ClNO3S. The zero-order valence-corrected chi connectivity index (χ0v) is 14.4. The summed E-state index contributed by atoms with van der Waals surface area (Å²) < 4.78 is 4.71. The third-order valence-corrected chi connectivity index (χ3v) is 4.96. The number of anilines is 1. The number of nitrogens with zero attached hydrogens (tertiary/aromatic N) is 1. The van der Waals surface area contributed by atoms with E-state index >= 15 is 0 Å². The molecular weight excluding hydrogens is 346 g/mol. The topological polar surface area (TPSA) is 46.6 Å². The zero-order valence-electron chi connectivity index (χ0n) is 12.9. The van der Waals surface area contributed by atoms with Crippen LogP contribution in [-0.4, -0.2) is 25.5 Å². The van der Waals surface area contributed by atoms with E-state index in [1.165, 1.54) is 23.8 Å². The first kappa shape index (κ1) is 16.6. The van der Waals surface area contributed by atoms with Crippen LogP contribution in [0.5, 0.6) is 0 Å². The van der Waals surface area contributed by atoms with E-state index in [1.54, 1.807) is 12.1 Å². The molecule has 1 heterocycles. The first-order valence-electron chi connectivity index (χ1n) is 7.22. The number of esters is 1. The molecule has 0 unspecified atom stereocenters. The highest BCUT2D eigenvalue weighted by atomic mass is 35.5. The molecule has 0 aromatic heterocycles. The van der Waals surface area contributed by atoms with Gasteiger partial charge in [0.25, 0.3) is 5.91 Å². The van der Waals surface area contributed by atoms with E-state index in [0.29, 0.717) is 15.6 Å². The van der Waals surface area contributed by atoms with Gasteiger partial charge in [0.15, 0.2) is 0 Å². The van der Waals surface area contributed by atoms with Gasteiger partial charge < -0.3 is 4.74 Å². The fourth-order valence-electron chi connectivity index (χ4n) is 2.35. The average molecular weight is 360 g/mol. The molecule has 4 nitrogen and oxygen atoms in total. The van der Waals surface area contributed by atoms with Crippen molar-refractivity contribution in [3.63, 3.8) is 0 Å². The largest absolute Gasteiger partial charge is 0.468 e. The summed E-state index contributed by atoms with van der Waals surface area (Å²) in [5, 5.41) is 0.566. The first-order valence-corrected chi connectivity index (χ1v) is 8.41. The number of methoxy groups -OCH3 is 1. The fraction of sp³-hybridized carbons (Fsp3) is 0.111. The number of fused-ring (bicyclic) bond motifs is 1. The smallest absolute Gasteiger partial charge is 0.325 e. The van der Waals surface area contributed by atoms with Crippen molar-refractivity contribution in [3.05, 3.63) is 64.0 Å². The lowest BCUT2D eigenvalue weighted by Crippen LogP contribution is -2.38. The maximum Gasteiger partial charge on any atom is 0.325 e. The van der Waals surface area contributed by atoms with Crippen LogP contribution in [0.4, 0.5) is 5.69 Å². The number of carbonyl (C=O) groups excluding carboxylic acids is 2. The number of rotatable bonds is 3. The van der Waals surface area contributed by atoms with Gasteiger partial charge in [-0.1, -0.05) is 53.7 Å². The summed E-state index contributed by atoms with van der Waals surface area (Å²) in [6, 6.07) is 14.8. The van der Waals surface area contributed by atoms with Crippen LogP contribution in [-0.2, 0) is 14.3 Å². The molecule has 0 fully saturated rings. The quantitative estimate of drug-likeness (QED) is 0.614. The molecule has 1 amide bonds. The van der Waals surface area contributed by atoms with Gasteiger partial charge in [-0.15, -0.1) is 0 Å². The number of benzene rings is 2. The molecule has 0 radical (unpaired) electrons. The Bertz CT molecular complexity index is 835. The van der Waals surface area contributed by atoms with Crippen LogP contribution in [0.1, 0.15) is 5.56 Å². The van der Waals surface area contributed by atoms with E-state index < -0.39 is 5.97 Å². The average Bonchev–Trinajstić information content (AvgIpc) is 2.60. The molecule has 0 saturated heterocycles. The van der Waals surface area contributed by atoms with Gasteiger partial charge >= 0.3 is 5.97 Å². The minimum Gasteiger partial charge on any atom is -0.468 e. The highest BCUT2D eigenvalue weighted by Gasteiger charge is 2.30.